The molecule has 0 aliphatic rings. The van der Waals surface area contributed by atoms with Crippen LogP contribution in [-0.4, -0.2) is 39.3 Å². The standard InChI is InChI=1S/C21H27ClN2O4S/c1-14-6-10-19(11-7-14)28-13-16(3)23-21(25)17(4)24(29(5,26)27)18-9-8-15(2)20(22)12-18/h6-12,16-17H,13H2,1-5H3,(H,23,25)/t16-,17-/m0/s1. The van der Waals surface area contributed by atoms with Gasteiger partial charge in [0.05, 0.1) is 18.0 Å². The maximum atomic E-state index is 12.7. The van der Waals surface area contributed by atoms with E-state index in [0.717, 1.165) is 21.7 Å². The number of carbonyl (C=O) groups is 1. The smallest absolute Gasteiger partial charge is 0.243 e. The Morgan fingerprint density at radius 3 is 2.31 bits per heavy atom. The minimum Gasteiger partial charge on any atom is -0.491 e. The van der Waals surface area contributed by atoms with Gasteiger partial charge < -0.3 is 10.1 Å². The van der Waals surface area contributed by atoms with Gasteiger partial charge in [-0.25, -0.2) is 8.42 Å². The zero-order valence-corrected chi connectivity index (χ0v) is 18.8. The van der Waals surface area contributed by atoms with Gasteiger partial charge in [0, 0.05) is 5.02 Å². The fourth-order valence-electron chi connectivity index (χ4n) is 2.79. The highest BCUT2D eigenvalue weighted by Crippen LogP contribution is 2.26. The molecule has 158 valence electrons. The van der Waals surface area contributed by atoms with Crippen LogP contribution in [0.4, 0.5) is 5.69 Å². The van der Waals surface area contributed by atoms with Crippen LogP contribution in [0.2, 0.25) is 5.02 Å². The van der Waals surface area contributed by atoms with Crippen LogP contribution in [0, 0.1) is 13.8 Å². The monoisotopic (exact) mass is 438 g/mol. The van der Waals surface area contributed by atoms with E-state index < -0.39 is 22.0 Å². The Hall–Kier alpha value is -2.25. The first-order chi connectivity index (χ1) is 13.5. The number of sulfonamides is 1. The molecule has 8 heteroatoms. The van der Waals surface area contributed by atoms with Gasteiger partial charge in [-0.1, -0.05) is 35.4 Å². The van der Waals surface area contributed by atoms with Gasteiger partial charge in [0.2, 0.25) is 15.9 Å². The molecule has 1 N–H and O–H groups in total. The second-order valence-corrected chi connectivity index (χ2v) is 9.47. The molecule has 2 atom stereocenters. The number of nitrogens with one attached hydrogen (secondary N) is 1. The summed E-state index contributed by atoms with van der Waals surface area (Å²) in [5.74, 6) is 0.281. The normalized spacial score (nSPS) is 13.4. The van der Waals surface area contributed by atoms with Crippen LogP contribution in [0.25, 0.3) is 0 Å². The van der Waals surface area contributed by atoms with Crippen LogP contribution in [0.3, 0.4) is 0 Å². The third-order valence-electron chi connectivity index (χ3n) is 4.41. The summed E-state index contributed by atoms with van der Waals surface area (Å²) in [6.45, 7) is 7.41. The second kappa shape index (κ2) is 9.50. The van der Waals surface area contributed by atoms with E-state index in [1.54, 1.807) is 25.1 Å². The number of ether oxygens (including phenoxy) is 1. The zero-order chi connectivity index (χ0) is 21.8. The van der Waals surface area contributed by atoms with Gasteiger partial charge >= 0.3 is 0 Å². The van der Waals surface area contributed by atoms with E-state index in [-0.39, 0.29) is 12.6 Å². The predicted octanol–water partition coefficient (Wildman–Crippen LogP) is 3.70. The maximum Gasteiger partial charge on any atom is 0.243 e. The summed E-state index contributed by atoms with van der Waals surface area (Å²) < 4.78 is 31.5. The van der Waals surface area contributed by atoms with Crippen molar-refractivity contribution in [2.45, 2.75) is 39.8 Å². The Morgan fingerprint density at radius 2 is 1.76 bits per heavy atom. The Morgan fingerprint density at radius 1 is 1.14 bits per heavy atom. The lowest BCUT2D eigenvalue weighted by atomic mass is 10.2. The number of rotatable bonds is 8. The molecule has 2 aromatic rings. The van der Waals surface area contributed by atoms with Crippen molar-refractivity contribution in [2.24, 2.45) is 0 Å². The van der Waals surface area contributed by atoms with Crippen molar-refractivity contribution in [3.8, 4) is 5.75 Å². The molecule has 0 bridgehead atoms. The first-order valence-corrected chi connectivity index (χ1v) is 11.5. The lowest BCUT2D eigenvalue weighted by Gasteiger charge is -2.29. The minimum absolute atomic E-state index is 0.261. The SMILES string of the molecule is Cc1ccc(OC[C@H](C)NC(=O)[C@H](C)N(c2ccc(C)c(Cl)c2)S(C)(=O)=O)cc1. The summed E-state index contributed by atoms with van der Waals surface area (Å²) >= 11 is 6.15. The summed E-state index contributed by atoms with van der Waals surface area (Å²) in [5, 5.41) is 3.24. The van der Waals surface area contributed by atoms with E-state index >= 15 is 0 Å². The van der Waals surface area contributed by atoms with Gasteiger partial charge in [0.1, 0.15) is 18.4 Å². The quantitative estimate of drug-likeness (QED) is 0.681. The average Bonchev–Trinajstić information content (AvgIpc) is 2.63. The number of carbonyl (C=O) groups excluding carboxylic acids is 1. The molecule has 29 heavy (non-hydrogen) atoms. The van der Waals surface area contributed by atoms with Crippen LogP contribution in [-0.2, 0) is 14.8 Å². The molecule has 0 aliphatic carbocycles. The number of hydrogen-bond donors (Lipinski definition) is 1. The van der Waals surface area contributed by atoms with E-state index in [0.29, 0.717) is 16.5 Å². The molecule has 0 unspecified atom stereocenters. The number of hydrogen-bond acceptors (Lipinski definition) is 4. The zero-order valence-electron chi connectivity index (χ0n) is 17.3. The molecule has 6 nitrogen and oxygen atoms in total. The summed E-state index contributed by atoms with van der Waals surface area (Å²) in [7, 11) is -3.70. The van der Waals surface area contributed by atoms with Gasteiger partial charge in [-0.05, 0) is 57.5 Å². The Balaban J connectivity index is 2.08. The summed E-state index contributed by atoms with van der Waals surface area (Å²) in [4.78, 5) is 12.7. The number of benzene rings is 2. The molecule has 0 fully saturated rings. The van der Waals surface area contributed by atoms with E-state index in [1.807, 2.05) is 38.1 Å². The van der Waals surface area contributed by atoms with Crippen molar-refractivity contribution in [3.63, 3.8) is 0 Å². The highest BCUT2D eigenvalue weighted by Gasteiger charge is 2.30. The molecule has 0 aliphatic heterocycles. The molecular weight excluding hydrogens is 412 g/mol. The summed E-state index contributed by atoms with van der Waals surface area (Å²) in [6, 6.07) is 11.2. The van der Waals surface area contributed by atoms with E-state index in [2.05, 4.69) is 5.32 Å². The third-order valence-corrected chi connectivity index (χ3v) is 6.06. The number of anilines is 1. The third kappa shape index (κ3) is 6.37. The van der Waals surface area contributed by atoms with Crippen molar-refractivity contribution in [2.75, 3.05) is 17.2 Å². The Labute approximate surface area is 177 Å². The highest BCUT2D eigenvalue weighted by molar-refractivity contribution is 7.92. The van der Waals surface area contributed by atoms with E-state index in [1.165, 1.54) is 6.92 Å². The van der Waals surface area contributed by atoms with E-state index in [4.69, 9.17) is 16.3 Å². The Kier molecular flexibility index (Phi) is 7.54. The maximum absolute atomic E-state index is 12.7. The minimum atomic E-state index is -3.70. The average molecular weight is 439 g/mol. The lowest BCUT2D eigenvalue weighted by Crippen LogP contribution is -2.50. The lowest BCUT2D eigenvalue weighted by molar-refractivity contribution is -0.122. The molecule has 0 spiro atoms. The number of nitrogens with zero attached hydrogens (tertiary/aromatic N) is 1. The first-order valence-electron chi connectivity index (χ1n) is 9.24. The molecular formula is C21H27ClN2O4S. The second-order valence-electron chi connectivity index (χ2n) is 7.20. The van der Waals surface area contributed by atoms with Crippen LogP contribution >= 0.6 is 11.6 Å². The summed E-state index contributed by atoms with van der Waals surface area (Å²) in [6.07, 6.45) is 1.06. The van der Waals surface area contributed by atoms with Crippen molar-refractivity contribution < 1.29 is 17.9 Å². The molecule has 2 aromatic carbocycles. The van der Waals surface area contributed by atoms with Gasteiger partial charge in [-0.2, -0.15) is 0 Å². The topological polar surface area (TPSA) is 75.7 Å². The number of halogens is 1. The van der Waals surface area contributed by atoms with Crippen LogP contribution in [0.5, 0.6) is 5.75 Å². The summed E-state index contributed by atoms with van der Waals surface area (Å²) in [5.41, 5.74) is 2.29. The van der Waals surface area contributed by atoms with Gasteiger partial charge in [0.25, 0.3) is 0 Å². The van der Waals surface area contributed by atoms with Crippen molar-refractivity contribution in [1.29, 1.82) is 0 Å². The molecule has 2 rings (SSSR count). The molecule has 0 aromatic heterocycles. The van der Waals surface area contributed by atoms with Crippen molar-refractivity contribution in [1.82, 2.24) is 5.32 Å². The van der Waals surface area contributed by atoms with E-state index in [9.17, 15) is 13.2 Å². The van der Waals surface area contributed by atoms with Crippen LogP contribution in [0.15, 0.2) is 42.5 Å². The van der Waals surface area contributed by atoms with Gasteiger partial charge in [-0.3, -0.25) is 9.10 Å². The fourth-order valence-corrected chi connectivity index (χ4v) is 4.13. The van der Waals surface area contributed by atoms with Crippen molar-refractivity contribution in [3.05, 3.63) is 58.6 Å². The van der Waals surface area contributed by atoms with Crippen LogP contribution in [0.1, 0.15) is 25.0 Å². The first kappa shape index (κ1) is 23.0. The molecule has 1 amide bonds. The van der Waals surface area contributed by atoms with Crippen LogP contribution < -0.4 is 14.4 Å². The number of amides is 1. The highest BCUT2D eigenvalue weighted by atomic mass is 35.5. The number of aryl methyl sites for hydroxylation is 2. The van der Waals surface area contributed by atoms with Gasteiger partial charge in [-0.15, -0.1) is 0 Å². The largest absolute Gasteiger partial charge is 0.491 e. The predicted molar refractivity (Wildman–Crippen MR) is 117 cm³/mol. The van der Waals surface area contributed by atoms with Gasteiger partial charge in [0.15, 0.2) is 0 Å². The fraction of sp³-hybridized carbons (Fsp3) is 0.381. The Bertz CT molecular complexity index is 961. The molecule has 0 heterocycles. The molecule has 0 radical (unpaired) electrons. The molecule has 0 saturated heterocycles. The van der Waals surface area contributed by atoms with Crippen molar-refractivity contribution >= 4 is 33.2 Å². The molecule has 0 saturated carbocycles.